The third-order valence-electron chi connectivity index (χ3n) is 8.05. The lowest BCUT2D eigenvalue weighted by Gasteiger charge is -2.16. The predicted molar refractivity (Wildman–Crippen MR) is 205 cm³/mol. The topological polar surface area (TPSA) is 55.8 Å². The summed E-state index contributed by atoms with van der Waals surface area (Å²) in [5.41, 5.74) is 0. The Labute approximate surface area is 291 Å². The molecule has 0 radical (unpaired) electrons. The van der Waals surface area contributed by atoms with Gasteiger partial charge in [-0.05, 0) is 64.2 Å². The van der Waals surface area contributed by atoms with Crippen LogP contribution in [0.25, 0.3) is 0 Å². The van der Waals surface area contributed by atoms with Crippen LogP contribution in [-0.4, -0.2) is 37.0 Å². The highest BCUT2D eigenvalue weighted by Crippen LogP contribution is 2.12. The fourth-order valence-corrected chi connectivity index (χ4v) is 5.15. The van der Waals surface area contributed by atoms with Crippen LogP contribution >= 0.6 is 0 Å². The number of allylic oxidation sites excluding steroid dienone is 12. The van der Waals surface area contributed by atoms with Gasteiger partial charge in [-0.2, -0.15) is 0 Å². The highest BCUT2D eigenvalue weighted by Gasteiger charge is 2.13. The summed E-state index contributed by atoms with van der Waals surface area (Å²) in [5.74, 6) is -0.212. The number of aliphatic hydroxyl groups is 1. The van der Waals surface area contributed by atoms with E-state index >= 15 is 0 Å². The molecule has 0 aromatic rings. The Hall–Kier alpha value is -2.17. The number of unbranched alkanes of at least 4 members (excludes halogenated alkanes) is 15. The fraction of sp³-hybridized carbons (Fsp3) is 0.698. The SMILES string of the molecule is CC/C=C\C/C=C\C/C=C\C/C=C\C/C=C\C/C=C\CCCCCCCCCOCC(CO)OC(=O)CCCCCCCCCCC. The van der Waals surface area contributed by atoms with E-state index in [9.17, 15) is 9.90 Å². The van der Waals surface area contributed by atoms with Crippen LogP contribution in [0.15, 0.2) is 72.9 Å². The van der Waals surface area contributed by atoms with Crippen molar-refractivity contribution < 1.29 is 19.4 Å². The molecule has 0 bridgehead atoms. The van der Waals surface area contributed by atoms with E-state index < -0.39 is 6.10 Å². The molecule has 1 unspecified atom stereocenters. The second-order valence-electron chi connectivity index (χ2n) is 12.6. The van der Waals surface area contributed by atoms with Crippen molar-refractivity contribution in [1.29, 1.82) is 0 Å². The average Bonchev–Trinajstić information content (AvgIpc) is 3.08. The third kappa shape index (κ3) is 38.2. The summed E-state index contributed by atoms with van der Waals surface area (Å²) in [7, 11) is 0. The quantitative estimate of drug-likeness (QED) is 0.0420. The van der Waals surface area contributed by atoms with E-state index in [-0.39, 0.29) is 19.2 Å². The highest BCUT2D eigenvalue weighted by atomic mass is 16.6. The van der Waals surface area contributed by atoms with Crippen LogP contribution in [0.4, 0.5) is 0 Å². The first-order valence-corrected chi connectivity index (χ1v) is 19.5. The molecule has 1 N–H and O–H groups in total. The molecule has 0 fully saturated rings. The van der Waals surface area contributed by atoms with Crippen molar-refractivity contribution in [3.8, 4) is 0 Å². The van der Waals surface area contributed by atoms with Gasteiger partial charge in [0.25, 0.3) is 0 Å². The zero-order chi connectivity index (χ0) is 34.1. The lowest BCUT2D eigenvalue weighted by Crippen LogP contribution is -2.27. The van der Waals surface area contributed by atoms with Gasteiger partial charge >= 0.3 is 5.97 Å². The molecule has 0 aliphatic rings. The lowest BCUT2D eigenvalue weighted by atomic mass is 10.1. The third-order valence-corrected chi connectivity index (χ3v) is 8.05. The van der Waals surface area contributed by atoms with Crippen LogP contribution in [0.2, 0.25) is 0 Å². The molecule has 0 aliphatic carbocycles. The Bertz CT molecular complexity index is 820. The average molecular weight is 655 g/mol. The minimum absolute atomic E-state index is 0.179. The number of carbonyl (C=O) groups is 1. The second-order valence-corrected chi connectivity index (χ2v) is 12.6. The molecule has 0 spiro atoms. The van der Waals surface area contributed by atoms with Crippen LogP contribution in [0, 0.1) is 0 Å². The zero-order valence-electron chi connectivity index (χ0n) is 30.8. The Morgan fingerprint density at radius 3 is 1.45 bits per heavy atom. The van der Waals surface area contributed by atoms with E-state index in [0.29, 0.717) is 13.0 Å². The van der Waals surface area contributed by atoms with Gasteiger partial charge < -0.3 is 14.6 Å². The van der Waals surface area contributed by atoms with Gasteiger partial charge in [0.15, 0.2) is 0 Å². The first-order valence-electron chi connectivity index (χ1n) is 19.5. The number of rotatable bonds is 35. The Balaban J connectivity index is 3.50. The molecular formula is C43H74O4. The maximum Gasteiger partial charge on any atom is 0.306 e. The molecular weight excluding hydrogens is 580 g/mol. The van der Waals surface area contributed by atoms with Crippen molar-refractivity contribution in [2.45, 2.75) is 174 Å². The van der Waals surface area contributed by atoms with Crippen LogP contribution in [0.1, 0.15) is 168 Å². The molecule has 0 aliphatic heterocycles. The molecule has 0 saturated heterocycles. The largest absolute Gasteiger partial charge is 0.457 e. The summed E-state index contributed by atoms with van der Waals surface area (Å²) in [6.07, 6.45) is 53.8. The summed E-state index contributed by atoms with van der Waals surface area (Å²) in [6.45, 7) is 5.18. The van der Waals surface area contributed by atoms with Crippen molar-refractivity contribution >= 4 is 5.97 Å². The molecule has 270 valence electrons. The maximum atomic E-state index is 12.1. The molecule has 47 heavy (non-hydrogen) atoms. The number of carbonyl (C=O) groups excluding carboxylic acids is 1. The molecule has 0 heterocycles. The Morgan fingerprint density at radius 1 is 0.532 bits per heavy atom. The Morgan fingerprint density at radius 2 is 0.957 bits per heavy atom. The first-order chi connectivity index (χ1) is 23.2. The van der Waals surface area contributed by atoms with E-state index in [1.54, 1.807) is 0 Å². The van der Waals surface area contributed by atoms with Crippen molar-refractivity contribution in [2.24, 2.45) is 0 Å². The van der Waals surface area contributed by atoms with Crippen LogP contribution in [0.3, 0.4) is 0 Å². The molecule has 0 rings (SSSR count). The number of aliphatic hydroxyl groups excluding tert-OH is 1. The maximum absolute atomic E-state index is 12.1. The van der Waals surface area contributed by atoms with Gasteiger partial charge in [0.1, 0.15) is 6.10 Å². The second kappa shape index (κ2) is 40.0. The van der Waals surface area contributed by atoms with Gasteiger partial charge in [0, 0.05) is 13.0 Å². The summed E-state index contributed by atoms with van der Waals surface area (Å²) in [6, 6.07) is 0. The number of esters is 1. The van der Waals surface area contributed by atoms with E-state index in [4.69, 9.17) is 9.47 Å². The molecule has 0 saturated carbocycles. The van der Waals surface area contributed by atoms with Gasteiger partial charge in [0.2, 0.25) is 0 Å². The molecule has 0 aromatic carbocycles. The van der Waals surface area contributed by atoms with Gasteiger partial charge in [0.05, 0.1) is 13.2 Å². The van der Waals surface area contributed by atoms with Crippen LogP contribution in [-0.2, 0) is 14.3 Å². The van der Waals surface area contributed by atoms with Crippen LogP contribution < -0.4 is 0 Å². The highest BCUT2D eigenvalue weighted by molar-refractivity contribution is 5.69. The van der Waals surface area contributed by atoms with Gasteiger partial charge in [-0.3, -0.25) is 4.79 Å². The molecule has 1 atom stereocenters. The van der Waals surface area contributed by atoms with E-state index in [1.807, 2.05) is 0 Å². The summed E-state index contributed by atoms with van der Waals surface area (Å²) in [4.78, 5) is 12.1. The van der Waals surface area contributed by atoms with Crippen molar-refractivity contribution in [3.05, 3.63) is 72.9 Å². The van der Waals surface area contributed by atoms with Gasteiger partial charge in [-0.25, -0.2) is 0 Å². The molecule has 4 nitrogen and oxygen atoms in total. The van der Waals surface area contributed by atoms with Gasteiger partial charge in [-0.1, -0.05) is 170 Å². The minimum atomic E-state index is -0.540. The molecule has 0 aromatic heterocycles. The first kappa shape index (κ1) is 44.8. The van der Waals surface area contributed by atoms with E-state index in [1.165, 1.54) is 83.5 Å². The van der Waals surface area contributed by atoms with E-state index in [2.05, 4.69) is 86.8 Å². The number of hydrogen-bond donors (Lipinski definition) is 1. The van der Waals surface area contributed by atoms with E-state index in [0.717, 1.165) is 64.2 Å². The van der Waals surface area contributed by atoms with Crippen molar-refractivity contribution in [3.63, 3.8) is 0 Å². The van der Waals surface area contributed by atoms with Crippen LogP contribution in [0.5, 0.6) is 0 Å². The fourth-order valence-electron chi connectivity index (χ4n) is 5.15. The standard InChI is InChI=1S/C43H74O4/c1-3-5-7-9-11-13-14-15-16-17-18-19-20-21-22-23-24-25-26-27-28-29-31-33-35-37-39-46-41-42(40-44)47-43(45)38-36-34-32-30-12-10-8-6-4-2/h5,7,11,13,15-16,18-19,21-22,24-25,42,44H,3-4,6,8-10,12,14,17,20,23,26-41H2,1-2H3/b7-5-,13-11-,16-15-,19-18-,22-21-,25-24-. The normalized spacial score (nSPS) is 13.2. The predicted octanol–water partition coefficient (Wildman–Crippen LogP) is 12.6. The lowest BCUT2D eigenvalue weighted by molar-refractivity contribution is -0.154. The zero-order valence-corrected chi connectivity index (χ0v) is 30.8. The number of hydrogen-bond acceptors (Lipinski definition) is 4. The summed E-state index contributed by atoms with van der Waals surface area (Å²) >= 11 is 0. The molecule has 4 heteroatoms. The summed E-state index contributed by atoms with van der Waals surface area (Å²) < 4.78 is 11.1. The summed E-state index contributed by atoms with van der Waals surface area (Å²) in [5, 5.41) is 9.54. The smallest absolute Gasteiger partial charge is 0.306 e. The van der Waals surface area contributed by atoms with Crippen molar-refractivity contribution in [2.75, 3.05) is 19.8 Å². The van der Waals surface area contributed by atoms with Gasteiger partial charge in [-0.15, -0.1) is 0 Å². The number of ether oxygens (including phenoxy) is 2. The monoisotopic (exact) mass is 655 g/mol. The Kier molecular flexibility index (Phi) is 38.2. The van der Waals surface area contributed by atoms with Crippen molar-refractivity contribution in [1.82, 2.24) is 0 Å². The molecule has 0 amide bonds. The minimum Gasteiger partial charge on any atom is -0.457 e.